The number of rotatable bonds is 3. The average Bonchev–Trinajstić information content (AvgIpc) is 2.61. The van der Waals surface area contributed by atoms with Crippen LogP contribution in [0.4, 0.5) is 4.39 Å². The van der Waals surface area contributed by atoms with Gasteiger partial charge in [-0.2, -0.15) is 0 Å². The highest BCUT2D eigenvalue weighted by Crippen LogP contribution is 2.42. The van der Waals surface area contributed by atoms with Gasteiger partial charge in [-0.3, -0.25) is 4.79 Å². The van der Waals surface area contributed by atoms with Crippen LogP contribution in [0.2, 0.25) is 0 Å². The van der Waals surface area contributed by atoms with Crippen LogP contribution in [0, 0.1) is 5.82 Å². The van der Waals surface area contributed by atoms with E-state index in [-0.39, 0.29) is 34.3 Å². The van der Waals surface area contributed by atoms with Crippen LogP contribution < -0.4 is 15.9 Å². The normalized spacial score (nSPS) is 16.2. The number of aliphatic hydroxyl groups excluding tert-OH is 1. The molecule has 3 N–H and O–H groups in total. The van der Waals surface area contributed by atoms with Crippen molar-refractivity contribution in [1.82, 2.24) is 0 Å². The topological polar surface area (TPSA) is 112 Å². The largest absolute Gasteiger partial charge is 0.465 e. The van der Waals surface area contributed by atoms with Crippen LogP contribution in [0.5, 0.6) is 5.75 Å². The van der Waals surface area contributed by atoms with E-state index in [1.165, 1.54) is 18.2 Å². The summed E-state index contributed by atoms with van der Waals surface area (Å²) in [6.07, 6.45) is 0. The molecule has 0 fully saturated rings. The molecule has 0 spiro atoms. The molecule has 0 radical (unpaired) electrons. The molecule has 1 aromatic carbocycles. The minimum Gasteiger partial charge on any atom is -0.465 e. The Morgan fingerprint density at radius 2 is 2.12 bits per heavy atom. The SMILES string of the molecule is COC(=O)C1=C(N)Oc2c(oc(CO)cc2=O)[C@H]1c1ccccc1F. The van der Waals surface area contributed by atoms with Crippen LogP contribution in [-0.2, 0) is 16.1 Å². The van der Waals surface area contributed by atoms with E-state index >= 15 is 0 Å². The van der Waals surface area contributed by atoms with Gasteiger partial charge in [-0.05, 0) is 6.07 Å². The van der Waals surface area contributed by atoms with Gasteiger partial charge in [0.1, 0.15) is 23.8 Å². The number of benzene rings is 1. The van der Waals surface area contributed by atoms with E-state index in [0.717, 1.165) is 13.2 Å². The molecule has 8 heteroatoms. The molecule has 7 nitrogen and oxygen atoms in total. The molecule has 0 aliphatic carbocycles. The van der Waals surface area contributed by atoms with Gasteiger partial charge in [0.25, 0.3) is 0 Å². The second-order valence-corrected chi connectivity index (χ2v) is 5.25. The maximum atomic E-state index is 14.4. The third-order valence-corrected chi connectivity index (χ3v) is 3.79. The van der Waals surface area contributed by atoms with Gasteiger partial charge in [0.15, 0.2) is 5.76 Å². The van der Waals surface area contributed by atoms with E-state index in [0.29, 0.717) is 0 Å². The minimum atomic E-state index is -1.16. The second kappa shape index (κ2) is 6.40. The molecule has 1 aliphatic heterocycles. The summed E-state index contributed by atoms with van der Waals surface area (Å²) in [6.45, 7) is -0.556. The maximum Gasteiger partial charge on any atom is 0.340 e. The summed E-state index contributed by atoms with van der Waals surface area (Å²) in [7, 11) is 1.14. The number of halogens is 1. The van der Waals surface area contributed by atoms with Gasteiger partial charge in [-0.1, -0.05) is 18.2 Å². The number of carbonyl (C=O) groups excluding carboxylic acids is 1. The Morgan fingerprint density at radius 3 is 2.76 bits per heavy atom. The average molecular weight is 347 g/mol. The first-order chi connectivity index (χ1) is 12.0. The van der Waals surface area contributed by atoms with Gasteiger partial charge in [-0.15, -0.1) is 0 Å². The third-order valence-electron chi connectivity index (χ3n) is 3.79. The monoisotopic (exact) mass is 347 g/mol. The first-order valence-electron chi connectivity index (χ1n) is 7.26. The number of carbonyl (C=O) groups is 1. The first kappa shape index (κ1) is 16.7. The molecular weight excluding hydrogens is 333 g/mol. The number of methoxy groups -OCH3 is 1. The van der Waals surface area contributed by atoms with Gasteiger partial charge in [0.05, 0.1) is 13.0 Å². The lowest BCUT2D eigenvalue weighted by atomic mass is 9.86. The van der Waals surface area contributed by atoms with Crippen molar-refractivity contribution in [2.75, 3.05) is 7.11 Å². The van der Waals surface area contributed by atoms with Crippen molar-refractivity contribution in [3.8, 4) is 5.75 Å². The zero-order valence-electron chi connectivity index (χ0n) is 13.1. The van der Waals surface area contributed by atoms with Crippen LogP contribution in [0.25, 0.3) is 0 Å². The number of aliphatic hydroxyl groups is 1. The van der Waals surface area contributed by atoms with Crippen molar-refractivity contribution in [3.63, 3.8) is 0 Å². The van der Waals surface area contributed by atoms with Gasteiger partial charge >= 0.3 is 5.97 Å². The molecular formula is C17H14FNO6. The summed E-state index contributed by atoms with van der Waals surface area (Å²) in [6, 6.07) is 6.70. The molecule has 2 heterocycles. The Bertz CT molecular complexity index is 933. The maximum absolute atomic E-state index is 14.4. The lowest BCUT2D eigenvalue weighted by Gasteiger charge is -2.26. The second-order valence-electron chi connectivity index (χ2n) is 5.25. The number of fused-ring (bicyclic) bond motifs is 1. The fourth-order valence-electron chi connectivity index (χ4n) is 2.69. The number of esters is 1. The van der Waals surface area contributed by atoms with Crippen molar-refractivity contribution >= 4 is 5.97 Å². The molecule has 0 unspecified atom stereocenters. The first-order valence-corrected chi connectivity index (χ1v) is 7.26. The third kappa shape index (κ3) is 2.76. The molecule has 1 aromatic heterocycles. The summed E-state index contributed by atoms with van der Waals surface area (Å²) in [5.41, 5.74) is 5.03. The Labute approximate surface area is 141 Å². The molecule has 0 bridgehead atoms. The Kier molecular flexibility index (Phi) is 4.28. The Balaban J connectivity index is 2.34. The summed E-state index contributed by atoms with van der Waals surface area (Å²) >= 11 is 0. The van der Waals surface area contributed by atoms with Crippen molar-refractivity contribution in [1.29, 1.82) is 0 Å². The van der Waals surface area contributed by atoms with Crippen molar-refractivity contribution in [2.24, 2.45) is 5.73 Å². The predicted molar refractivity (Wildman–Crippen MR) is 83.0 cm³/mol. The minimum absolute atomic E-state index is 0.0497. The number of nitrogens with two attached hydrogens (primary N) is 1. The lowest BCUT2D eigenvalue weighted by Crippen LogP contribution is -2.30. The van der Waals surface area contributed by atoms with Gasteiger partial charge in [0, 0.05) is 11.6 Å². The molecule has 25 heavy (non-hydrogen) atoms. The van der Waals surface area contributed by atoms with Crippen molar-refractivity contribution in [3.05, 3.63) is 74.9 Å². The summed E-state index contributed by atoms with van der Waals surface area (Å²) in [5.74, 6) is -3.47. The number of hydrogen-bond acceptors (Lipinski definition) is 7. The standard InChI is InChI=1S/C17H14FNO6/c1-23-17(22)13-12(9-4-2-3-5-10(9)18)15-14(25-16(13)19)11(21)6-8(7-20)24-15/h2-6,12,20H,7,19H2,1H3/t12-/m0/s1. The molecule has 0 saturated carbocycles. The van der Waals surface area contributed by atoms with Crippen LogP contribution in [0.15, 0.2) is 51.0 Å². The van der Waals surface area contributed by atoms with Gasteiger partial charge in [-0.25, -0.2) is 9.18 Å². The highest BCUT2D eigenvalue weighted by atomic mass is 19.1. The summed E-state index contributed by atoms with van der Waals surface area (Å²) in [4.78, 5) is 24.4. The van der Waals surface area contributed by atoms with Crippen LogP contribution >= 0.6 is 0 Å². The fourth-order valence-corrected chi connectivity index (χ4v) is 2.69. The van der Waals surface area contributed by atoms with Gasteiger partial charge in [0.2, 0.25) is 17.1 Å². The highest BCUT2D eigenvalue weighted by molar-refractivity contribution is 5.92. The summed E-state index contributed by atoms with van der Waals surface area (Å²) < 4.78 is 29.8. The van der Waals surface area contributed by atoms with E-state index in [1.807, 2.05) is 0 Å². The van der Waals surface area contributed by atoms with E-state index in [4.69, 9.17) is 19.6 Å². The molecule has 1 aliphatic rings. The van der Waals surface area contributed by atoms with Crippen LogP contribution in [-0.4, -0.2) is 18.2 Å². The molecule has 130 valence electrons. The quantitative estimate of drug-likeness (QED) is 0.801. The van der Waals surface area contributed by atoms with Crippen LogP contribution in [0.3, 0.4) is 0 Å². The molecule has 2 aromatic rings. The number of hydrogen-bond donors (Lipinski definition) is 2. The predicted octanol–water partition coefficient (Wildman–Crippen LogP) is 1.14. The smallest absolute Gasteiger partial charge is 0.340 e. The number of ether oxygens (including phenoxy) is 2. The zero-order chi connectivity index (χ0) is 18.1. The van der Waals surface area contributed by atoms with E-state index in [2.05, 4.69) is 0 Å². The Hall–Kier alpha value is -3.13. The summed E-state index contributed by atoms with van der Waals surface area (Å²) in [5, 5.41) is 9.27. The zero-order valence-corrected chi connectivity index (χ0v) is 13.1. The molecule has 1 atom stereocenters. The molecule has 3 rings (SSSR count). The van der Waals surface area contributed by atoms with E-state index < -0.39 is 29.7 Å². The highest BCUT2D eigenvalue weighted by Gasteiger charge is 2.40. The Morgan fingerprint density at radius 1 is 1.40 bits per heavy atom. The van der Waals surface area contributed by atoms with E-state index in [1.54, 1.807) is 6.07 Å². The van der Waals surface area contributed by atoms with E-state index in [9.17, 15) is 19.1 Å². The fraction of sp³-hybridized carbons (Fsp3) is 0.176. The lowest BCUT2D eigenvalue weighted by molar-refractivity contribution is -0.136. The van der Waals surface area contributed by atoms with Crippen molar-refractivity contribution < 1.29 is 28.2 Å². The van der Waals surface area contributed by atoms with Crippen LogP contribution in [0.1, 0.15) is 23.0 Å². The van der Waals surface area contributed by atoms with Gasteiger partial charge < -0.3 is 24.7 Å². The van der Waals surface area contributed by atoms with Crippen molar-refractivity contribution in [2.45, 2.75) is 12.5 Å². The molecule has 0 amide bonds. The molecule has 0 saturated heterocycles.